The number of halogens is 3. The summed E-state index contributed by atoms with van der Waals surface area (Å²) < 4.78 is 60.2. The zero-order valence-electron chi connectivity index (χ0n) is 22.5. The predicted molar refractivity (Wildman–Crippen MR) is 149 cm³/mol. The number of aromatic carboxylic acids is 1. The molecular weight excluding hydrogens is 561 g/mol. The van der Waals surface area contributed by atoms with E-state index < -0.39 is 28.1 Å². The molecule has 0 spiro atoms. The molecule has 1 saturated heterocycles. The summed E-state index contributed by atoms with van der Waals surface area (Å²) in [4.78, 5) is 23.2. The number of carboxylic acids is 2. The highest BCUT2D eigenvalue weighted by Gasteiger charge is 2.38. The first-order chi connectivity index (χ1) is 19.2. The number of aryl methyl sites for hydroxylation is 2. The summed E-state index contributed by atoms with van der Waals surface area (Å²) in [5.41, 5.74) is 3.76. The van der Waals surface area contributed by atoms with E-state index in [-0.39, 0.29) is 16.1 Å². The van der Waals surface area contributed by atoms with Crippen molar-refractivity contribution in [1.82, 2.24) is 0 Å². The van der Waals surface area contributed by atoms with Gasteiger partial charge in [-0.2, -0.15) is 13.2 Å². The lowest BCUT2D eigenvalue weighted by Crippen LogP contribution is -2.35. The number of anilines is 2. The number of alkyl halides is 3. The molecular formula is C29H31F3N2O6S. The average Bonchev–Trinajstić information content (AvgIpc) is 2.90. The summed E-state index contributed by atoms with van der Waals surface area (Å²) in [5.74, 6) is -3.27. The second-order valence-electron chi connectivity index (χ2n) is 9.83. The minimum absolute atomic E-state index is 0.0997. The minimum atomic E-state index is -5.08. The fraction of sp³-hybridized carbons (Fsp3) is 0.310. The Balaban J connectivity index is 0.000000587. The number of nitrogens with one attached hydrogen (secondary N) is 1. The highest BCUT2D eigenvalue weighted by atomic mass is 32.2. The maximum atomic E-state index is 13.0. The summed E-state index contributed by atoms with van der Waals surface area (Å²) >= 11 is 0. The first-order valence-corrected chi connectivity index (χ1v) is 14.2. The fourth-order valence-electron chi connectivity index (χ4n) is 4.58. The lowest BCUT2D eigenvalue weighted by molar-refractivity contribution is -0.192. The van der Waals surface area contributed by atoms with Crippen LogP contribution in [0.3, 0.4) is 0 Å². The van der Waals surface area contributed by atoms with E-state index in [0.29, 0.717) is 17.2 Å². The number of benzene rings is 3. The molecule has 12 heteroatoms. The van der Waals surface area contributed by atoms with Crippen molar-refractivity contribution in [3.05, 3.63) is 89.0 Å². The molecule has 0 saturated carbocycles. The minimum Gasteiger partial charge on any atom is -0.478 e. The number of hydrogen-bond acceptors (Lipinski definition) is 5. The molecule has 0 atom stereocenters. The molecule has 0 aromatic heterocycles. The molecule has 3 N–H and O–H groups in total. The maximum Gasteiger partial charge on any atom is 0.490 e. The fourth-order valence-corrected chi connectivity index (χ4v) is 5.96. The lowest BCUT2D eigenvalue weighted by atomic mass is 9.90. The zero-order chi connectivity index (χ0) is 30.4. The Morgan fingerprint density at radius 3 is 2.12 bits per heavy atom. The second-order valence-corrected chi connectivity index (χ2v) is 11.5. The summed E-state index contributed by atoms with van der Waals surface area (Å²) in [7, 11) is -3.84. The van der Waals surface area contributed by atoms with Gasteiger partial charge in [0.2, 0.25) is 0 Å². The summed E-state index contributed by atoms with van der Waals surface area (Å²) in [6, 6.07) is 20.4. The van der Waals surface area contributed by atoms with E-state index >= 15 is 0 Å². The molecule has 1 fully saturated rings. The van der Waals surface area contributed by atoms with Crippen molar-refractivity contribution >= 4 is 33.3 Å². The van der Waals surface area contributed by atoms with Gasteiger partial charge in [0.05, 0.1) is 16.1 Å². The molecule has 0 bridgehead atoms. The van der Waals surface area contributed by atoms with E-state index in [0.717, 1.165) is 37.9 Å². The molecule has 8 nitrogen and oxygen atoms in total. The molecule has 1 aliphatic heterocycles. The van der Waals surface area contributed by atoms with Crippen LogP contribution in [0.1, 0.15) is 39.9 Å². The molecule has 0 aliphatic carbocycles. The third-order valence-corrected chi connectivity index (χ3v) is 8.20. The molecule has 4 rings (SSSR count). The number of rotatable bonds is 7. The van der Waals surface area contributed by atoms with Gasteiger partial charge < -0.3 is 15.1 Å². The predicted octanol–water partition coefficient (Wildman–Crippen LogP) is 5.89. The molecule has 220 valence electrons. The van der Waals surface area contributed by atoms with E-state index in [2.05, 4.69) is 33.9 Å². The quantitative estimate of drug-likeness (QED) is 0.312. The number of carboxylic acid groups (broad SMARTS) is 2. The summed E-state index contributed by atoms with van der Waals surface area (Å²) in [5, 5.41) is 17.0. The molecule has 3 aromatic rings. The van der Waals surface area contributed by atoms with Crippen molar-refractivity contribution in [3.63, 3.8) is 0 Å². The van der Waals surface area contributed by atoms with Crippen molar-refractivity contribution in [2.75, 3.05) is 22.7 Å². The lowest BCUT2D eigenvalue weighted by Gasteiger charge is -2.34. The highest BCUT2D eigenvalue weighted by molar-refractivity contribution is 7.92. The van der Waals surface area contributed by atoms with Crippen LogP contribution in [0.2, 0.25) is 0 Å². The van der Waals surface area contributed by atoms with Crippen molar-refractivity contribution in [3.8, 4) is 0 Å². The zero-order valence-corrected chi connectivity index (χ0v) is 23.3. The molecule has 0 radical (unpaired) electrons. The largest absolute Gasteiger partial charge is 0.490 e. The molecule has 1 aliphatic rings. The Bertz CT molecular complexity index is 1490. The molecule has 41 heavy (non-hydrogen) atoms. The number of hydrogen-bond donors (Lipinski definition) is 3. The van der Waals surface area contributed by atoms with Crippen molar-refractivity contribution in [2.24, 2.45) is 5.92 Å². The first-order valence-electron chi connectivity index (χ1n) is 12.7. The Kier molecular flexibility index (Phi) is 10.0. The van der Waals surface area contributed by atoms with E-state index in [4.69, 9.17) is 9.90 Å². The number of piperidine rings is 1. The maximum absolute atomic E-state index is 13.0. The summed E-state index contributed by atoms with van der Waals surface area (Å²) in [6.07, 6.45) is -2.09. The van der Waals surface area contributed by atoms with Gasteiger partial charge in [0, 0.05) is 18.8 Å². The second kappa shape index (κ2) is 13.1. The van der Waals surface area contributed by atoms with Gasteiger partial charge in [0.25, 0.3) is 10.0 Å². The van der Waals surface area contributed by atoms with Gasteiger partial charge in [-0.25, -0.2) is 18.0 Å². The Morgan fingerprint density at radius 2 is 1.56 bits per heavy atom. The van der Waals surface area contributed by atoms with Crippen LogP contribution < -0.4 is 9.62 Å². The number of aliphatic carboxylic acids is 1. The van der Waals surface area contributed by atoms with Crippen molar-refractivity contribution in [1.29, 1.82) is 0 Å². The van der Waals surface area contributed by atoms with Crippen LogP contribution in [0.25, 0.3) is 0 Å². The standard InChI is InChI=1S/C27H30N2O4S.C2HF3O2/c1-19-8-9-20(2)26(16-19)34(32,33)28-23-10-11-25(24(18-23)27(30)31)29-14-12-22(13-15-29)17-21-6-4-3-5-7-21;3-2(4,5)1(6)7/h3-11,16,18,22,28H,12-15,17H2,1-2H3,(H,30,31);(H,6,7). The van der Waals surface area contributed by atoms with Crippen molar-refractivity contribution in [2.45, 2.75) is 44.2 Å². The van der Waals surface area contributed by atoms with Gasteiger partial charge >= 0.3 is 18.1 Å². The highest BCUT2D eigenvalue weighted by Crippen LogP contribution is 2.31. The van der Waals surface area contributed by atoms with Gasteiger partial charge in [-0.1, -0.05) is 42.5 Å². The number of carbonyl (C=O) groups is 2. The number of sulfonamides is 1. The number of nitrogens with zero attached hydrogens (tertiary/aromatic N) is 1. The van der Waals surface area contributed by atoms with E-state index in [1.54, 1.807) is 31.2 Å². The van der Waals surface area contributed by atoms with E-state index in [9.17, 15) is 31.5 Å². The third-order valence-electron chi connectivity index (χ3n) is 6.68. The monoisotopic (exact) mass is 592 g/mol. The van der Waals surface area contributed by atoms with Crippen LogP contribution in [0.5, 0.6) is 0 Å². The van der Waals surface area contributed by atoms with Gasteiger partial charge in [-0.3, -0.25) is 4.72 Å². The van der Waals surface area contributed by atoms with Gasteiger partial charge in [0.15, 0.2) is 0 Å². The van der Waals surface area contributed by atoms with Crippen LogP contribution in [0.4, 0.5) is 24.5 Å². The van der Waals surface area contributed by atoms with Crippen LogP contribution in [-0.4, -0.2) is 49.8 Å². The van der Waals surface area contributed by atoms with Crippen molar-refractivity contribution < 1.29 is 41.4 Å². The van der Waals surface area contributed by atoms with E-state index in [1.165, 1.54) is 11.6 Å². The Morgan fingerprint density at radius 1 is 0.951 bits per heavy atom. The van der Waals surface area contributed by atoms with Gasteiger partial charge in [-0.05, 0) is 80.0 Å². The molecule has 0 unspecified atom stereocenters. The van der Waals surface area contributed by atoms with Gasteiger partial charge in [-0.15, -0.1) is 0 Å². The SMILES string of the molecule is Cc1ccc(C)c(S(=O)(=O)Nc2ccc(N3CCC(Cc4ccccc4)CC3)c(C(=O)O)c2)c1.O=C(O)C(F)(F)F. The molecule has 3 aromatic carbocycles. The smallest absolute Gasteiger partial charge is 0.478 e. The van der Waals surface area contributed by atoms with Gasteiger partial charge in [0.1, 0.15) is 0 Å². The Labute approximate surface area is 236 Å². The first kappa shape index (κ1) is 31.5. The van der Waals surface area contributed by atoms with Crippen LogP contribution in [0.15, 0.2) is 71.6 Å². The van der Waals surface area contributed by atoms with Crippen LogP contribution in [-0.2, 0) is 21.2 Å². The molecule has 0 amide bonds. The molecule has 1 heterocycles. The average molecular weight is 593 g/mol. The topological polar surface area (TPSA) is 124 Å². The Hall–Kier alpha value is -4.06. The van der Waals surface area contributed by atoms with Crippen LogP contribution in [0, 0.1) is 19.8 Å². The normalized spacial score (nSPS) is 14.1. The van der Waals surface area contributed by atoms with E-state index in [1.807, 2.05) is 19.1 Å². The third kappa shape index (κ3) is 8.71. The summed E-state index contributed by atoms with van der Waals surface area (Å²) in [6.45, 7) is 5.11. The van der Waals surface area contributed by atoms with Crippen LogP contribution >= 0.6 is 0 Å².